The number of methoxy groups -OCH3 is 1. The number of ether oxygens (including phenoxy) is 1. The number of para-hydroxylation sites is 3. The third-order valence-corrected chi connectivity index (χ3v) is 12.9. The Bertz CT molecular complexity index is 3310. The number of hydrogen-bond donors (Lipinski definition) is 2. The Morgan fingerprint density at radius 3 is 1.79 bits per heavy atom. The van der Waals surface area contributed by atoms with Crippen molar-refractivity contribution in [1.82, 2.24) is 9.97 Å². The average Bonchev–Trinajstić information content (AvgIpc) is 4.27. The van der Waals surface area contributed by atoms with Crippen molar-refractivity contribution in [1.29, 1.82) is 5.26 Å². The molecule has 0 saturated heterocycles. The number of aliphatic hydroxyl groups is 2. The SMILES string of the molecule is C.C=C/C(C#N)=C/c1ccc(CO)cc1.C=Cc1ccc(-c2nc3ccccc3o2)cc1.C=Cc1ccc(-c2nc3ccccc3s2)cc1.COc1c(C)cc(C=O)cc1CO.O=Cc1ccc(-c2cccs2)cc1. The van der Waals surface area contributed by atoms with Gasteiger partial charge in [-0.1, -0.05) is 161 Å². The summed E-state index contributed by atoms with van der Waals surface area (Å²) in [5.41, 5.74) is 13.4. The normalized spacial score (nSPS) is 10.2. The molecule has 9 nitrogen and oxygen atoms in total. The number of hydrogen-bond acceptors (Lipinski definition) is 11. The molecule has 0 bridgehead atoms. The van der Waals surface area contributed by atoms with E-state index in [1.807, 2.05) is 152 Å². The van der Waals surface area contributed by atoms with Gasteiger partial charge in [-0.25, -0.2) is 9.97 Å². The van der Waals surface area contributed by atoms with Crippen molar-refractivity contribution in [2.45, 2.75) is 27.6 Å². The highest BCUT2D eigenvalue weighted by molar-refractivity contribution is 7.21. The maximum atomic E-state index is 10.5. The first-order valence-corrected chi connectivity index (χ1v) is 24.8. The van der Waals surface area contributed by atoms with Crippen molar-refractivity contribution >= 4 is 74.8 Å². The van der Waals surface area contributed by atoms with Gasteiger partial charge in [-0.05, 0) is 106 Å². The summed E-state index contributed by atoms with van der Waals surface area (Å²) in [7, 11) is 1.54. The molecule has 376 valence electrons. The maximum Gasteiger partial charge on any atom is 0.227 e. The van der Waals surface area contributed by atoms with Crippen LogP contribution < -0.4 is 4.74 Å². The molecule has 0 saturated carbocycles. The van der Waals surface area contributed by atoms with E-state index in [9.17, 15) is 9.59 Å². The van der Waals surface area contributed by atoms with Gasteiger partial charge in [0.2, 0.25) is 5.89 Å². The summed E-state index contributed by atoms with van der Waals surface area (Å²) < 4.78 is 12.0. The first kappa shape index (κ1) is 57.0. The molecular weight excluding hydrogens is 971 g/mol. The molecule has 3 aromatic heterocycles. The molecule has 0 radical (unpaired) electrons. The summed E-state index contributed by atoms with van der Waals surface area (Å²) in [6.45, 7) is 12.8. The summed E-state index contributed by atoms with van der Waals surface area (Å²) in [6.07, 6.45) is 8.54. The molecule has 0 amide bonds. The highest BCUT2D eigenvalue weighted by Gasteiger charge is 2.09. The molecule has 2 N–H and O–H groups in total. The fourth-order valence-corrected chi connectivity index (χ4v) is 8.78. The molecule has 75 heavy (non-hydrogen) atoms. The fraction of sp³-hybridized carbons (Fsp3) is 0.0781. The molecule has 0 aliphatic heterocycles. The smallest absolute Gasteiger partial charge is 0.227 e. The zero-order valence-electron chi connectivity index (χ0n) is 40.9. The second-order valence-electron chi connectivity index (χ2n) is 16.0. The number of thiazole rings is 1. The largest absolute Gasteiger partial charge is 0.496 e. The standard InChI is InChI=1S/C15H11NO.C15H11NS.C12H11NO.C11H8OS.C10H12O3.CH4/c2*1-2-11-7-9-12(10-8-11)15-16-13-5-3-4-6-14(13)17-15;1-2-10(8-13)7-11-3-5-12(9-14)6-4-11;12-8-9-3-5-10(6-4-9)11-2-1-7-13-11;1-7-3-8(5-11)4-9(6-12)10(7)13-2;/h2*2-10H,1H2;2-7,14H,1,9H2;1-8H;3-5,12H,6H2,1-2H3;1H4/b;;10-7-;;;. The predicted octanol–water partition coefficient (Wildman–Crippen LogP) is 16.2. The number of aromatic nitrogens is 2. The summed E-state index contributed by atoms with van der Waals surface area (Å²) in [5.74, 6) is 1.30. The van der Waals surface area contributed by atoms with E-state index in [4.69, 9.17) is 24.6 Å². The van der Waals surface area contributed by atoms with Crippen molar-refractivity contribution in [3.63, 3.8) is 0 Å². The number of thiophene rings is 1. The molecule has 7 aromatic carbocycles. The van der Waals surface area contributed by atoms with Crippen molar-refractivity contribution in [2.75, 3.05) is 7.11 Å². The Labute approximate surface area is 446 Å². The number of aliphatic hydroxyl groups excluding tert-OH is 2. The molecular formula is C64H57N3O6S2. The summed E-state index contributed by atoms with van der Waals surface area (Å²) >= 11 is 3.43. The van der Waals surface area contributed by atoms with Gasteiger partial charge >= 0.3 is 0 Å². The van der Waals surface area contributed by atoms with Crippen LogP contribution >= 0.6 is 22.7 Å². The summed E-state index contributed by atoms with van der Waals surface area (Å²) in [6, 6.07) is 56.7. The number of allylic oxidation sites excluding steroid dienone is 2. The monoisotopic (exact) mass is 1030 g/mol. The van der Waals surface area contributed by atoms with E-state index in [0.29, 0.717) is 28.3 Å². The number of aldehydes is 2. The highest BCUT2D eigenvalue weighted by Crippen LogP contribution is 2.31. The van der Waals surface area contributed by atoms with Crippen LogP contribution in [0.2, 0.25) is 0 Å². The Hall–Kier alpha value is -8.89. The van der Waals surface area contributed by atoms with E-state index < -0.39 is 0 Å². The second kappa shape index (κ2) is 29.6. The van der Waals surface area contributed by atoms with Crippen LogP contribution in [-0.2, 0) is 13.2 Å². The van der Waals surface area contributed by atoms with Crippen molar-refractivity contribution < 1.29 is 29.0 Å². The Morgan fingerprint density at radius 2 is 1.25 bits per heavy atom. The first-order chi connectivity index (χ1) is 36.1. The molecule has 0 fully saturated rings. The zero-order chi connectivity index (χ0) is 52.7. The van der Waals surface area contributed by atoms with E-state index >= 15 is 0 Å². The van der Waals surface area contributed by atoms with E-state index in [0.717, 1.165) is 78.7 Å². The third-order valence-electron chi connectivity index (χ3n) is 10.9. The summed E-state index contributed by atoms with van der Waals surface area (Å²) in [5, 5.41) is 29.6. The number of carbonyl (C=O) groups excluding carboxylic acids is 2. The van der Waals surface area contributed by atoms with E-state index in [-0.39, 0.29) is 20.6 Å². The molecule has 0 atom stereocenters. The number of rotatable bonds is 12. The highest BCUT2D eigenvalue weighted by atomic mass is 32.1. The van der Waals surface area contributed by atoms with Crippen molar-refractivity contribution in [3.8, 4) is 44.3 Å². The number of nitrogens with zero attached hydrogens (tertiary/aromatic N) is 3. The Kier molecular flexibility index (Phi) is 22.5. The molecule has 0 spiro atoms. The van der Waals surface area contributed by atoms with Gasteiger partial charge in [-0.3, -0.25) is 9.59 Å². The lowest BCUT2D eigenvalue weighted by molar-refractivity contribution is 0.111. The topological polar surface area (TPSA) is 147 Å². The van der Waals surface area contributed by atoms with Crippen molar-refractivity contribution in [3.05, 3.63) is 251 Å². The minimum Gasteiger partial charge on any atom is -0.496 e. The number of fused-ring (bicyclic) bond motifs is 2. The average molecular weight is 1030 g/mol. The van der Waals surface area contributed by atoms with Gasteiger partial charge in [0.15, 0.2) is 5.58 Å². The molecule has 10 aromatic rings. The van der Waals surface area contributed by atoms with E-state index in [2.05, 4.69) is 66.1 Å². The van der Waals surface area contributed by atoms with Crippen LogP contribution in [0, 0.1) is 18.3 Å². The van der Waals surface area contributed by atoms with Crippen LogP contribution in [0.1, 0.15) is 61.5 Å². The lowest BCUT2D eigenvalue weighted by Gasteiger charge is -2.09. The van der Waals surface area contributed by atoms with Gasteiger partial charge in [0.05, 0.1) is 42.2 Å². The quantitative estimate of drug-likeness (QED) is 0.0693. The predicted molar refractivity (Wildman–Crippen MR) is 312 cm³/mol. The molecule has 0 unspecified atom stereocenters. The molecule has 3 heterocycles. The molecule has 11 heteroatoms. The zero-order valence-corrected chi connectivity index (χ0v) is 42.6. The number of oxazole rings is 1. The van der Waals surface area contributed by atoms with Crippen LogP contribution in [0.4, 0.5) is 0 Å². The van der Waals surface area contributed by atoms with Gasteiger partial charge in [0.1, 0.15) is 28.8 Å². The Morgan fingerprint density at radius 1 is 0.667 bits per heavy atom. The van der Waals surface area contributed by atoms with Gasteiger partial charge in [-0.15, -0.1) is 22.7 Å². The van der Waals surface area contributed by atoms with Crippen LogP contribution in [0.5, 0.6) is 5.75 Å². The lowest BCUT2D eigenvalue weighted by atomic mass is 10.1. The minimum absolute atomic E-state index is 0. The lowest BCUT2D eigenvalue weighted by Crippen LogP contribution is -1.96. The molecule has 0 aliphatic carbocycles. The van der Waals surface area contributed by atoms with E-state index in [1.165, 1.54) is 21.2 Å². The first-order valence-electron chi connectivity index (χ1n) is 23.1. The fourth-order valence-electron chi connectivity index (χ4n) is 7.07. The third kappa shape index (κ3) is 16.3. The van der Waals surface area contributed by atoms with Crippen LogP contribution in [0.15, 0.2) is 211 Å². The minimum atomic E-state index is -0.119. The van der Waals surface area contributed by atoms with Gasteiger partial charge in [-0.2, -0.15) is 5.26 Å². The molecule has 0 aliphatic rings. The van der Waals surface area contributed by atoms with Gasteiger partial charge in [0.25, 0.3) is 0 Å². The van der Waals surface area contributed by atoms with Crippen LogP contribution in [-0.4, -0.2) is 39.9 Å². The van der Waals surface area contributed by atoms with Crippen molar-refractivity contribution in [2.24, 2.45) is 0 Å². The number of benzene rings is 7. The summed E-state index contributed by atoms with van der Waals surface area (Å²) in [4.78, 5) is 31.2. The number of aryl methyl sites for hydroxylation is 1. The van der Waals surface area contributed by atoms with Gasteiger partial charge < -0.3 is 19.4 Å². The van der Waals surface area contributed by atoms with Gasteiger partial charge in [0, 0.05) is 32.7 Å². The number of carbonyl (C=O) groups is 2. The number of nitriles is 1. The van der Waals surface area contributed by atoms with Crippen LogP contribution in [0.25, 0.3) is 72.0 Å². The van der Waals surface area contributed by atoms with E-state index in [1.54, 1.807) is 48.0 Å². The van der Waals surface area contributed by atoms with Crippen LogP contribution in [0.3, 0.4) is 0 Å². The second-order valence-corrected chi connectivity index (χ2v) is 17.9. The Balaban J connectivity index is 0.000000174. The maximum absolute atomic E-state index is 10.5. The molecule has 10 rings (SSSR count).